The Bertz CT molecular complexity index is 354. The van der Waals surface area contributed by atoms with Gasteiger partial charge in [0, 0.05) is 12.8 Å². The van der Waals surface area contributed by atoms with Crippen molar-refractivity contribution in [3.8, 4) is 0 Å². The summed E-state index contributed by atoms with van der Waals surface area (Å²) in [4.78, 5) is 0. The van der Waals surface area contributed by atoms with Crippen molar-refractivity contribution in [1.29, 1.82) is 0 Å². The first-order valence-electron chi connectivity index (χ1n) is 6.20. The molecule has 2 heteroatoms. The maximum absolute atomic E-state index is 6.19. The fourth-order valence-electron chi connectivity index (χ4n) is 2.89. The van der Waals surface area contributed by atoms with Gasteiger partial charge in [0.25, 0.3) is 0 Å². The SMILES string of the molecule is CC1OC2(CCCC2)OC1c1ccccc1. The van der Waals surface area contributed by atoms with E-state index in [2.05, 4.69) is 31.2 Å². The molecule has 1 saturated carbocycles. The van der Waals surface area contributed by atoms with Gasteiger partial charge in [0.1, 0.15) is 6.10 Å². The Kier molecular flexibility index (Phi) is 2.49. The van der Waals surface area contributed by atoms with Crippen molar-refractivity contribution < 1.29 is 9.47 Å². The van der Waals surface area contributed by atoms with E-state index in [1.807, 2.05) is 6.07 Å². The zero-order valence-electron chi connectivity index (χ0n) is 9.69. The van der Waals surface area contributed by atoms with E-state index in [-0.39, 0.29) is 18.0 Å². The van der Waals surface area contributed by atoms with Crippen LogP contribution in [0.15, 0.2) is 30.3 Å². The van der Waals surface area contributed by atoms with Crippen LogP contribution in [0.3, 0.4) is 0 Å². The molecule has 2 atom stereocenters. The monoisotopic (exact) mass is 218 g/mol. The van der Waals surface area contributed by atoms with Crippen LogP contribution in [0.4, 0.5) is 0 Å². The molecular formula is C14H18O2. The maximum atomic E-state index is 6.19. The third-order valence-corrected chi connectivity index (χ3v) is 3.66. The number of ether oxygens (including phenoxy) is 2. The molecule has 1 spiro atoms. The molecule has 2 unspecified atom stereocenters. The van der Waals surface area contributed by atoms with Gasteiger partial charge in [-0.1, -0.05) is 30.3 Å². The van der Waals surface area contributed by atoms with Crippen molar-refractivity contribution in [2.45, 2.75) is 50.6 Å². The Morgan fingerprint density at radius 3 is 2.44 bits per heavy atom. The minimum absolute atomic E-state index is 0.110. The molecule has 2 nitrogen and oxygen atoms in total. The van der Waals surface area contributed by atoms with E-state index in [4.69, 9.17) is 9.47 Å². The highest BCUT2D eigenvalue weighted by atomic mass is 16.8. The molecule has 3 rings (SSSR count). The lowest BCUT2D eigenvalue weighted by atomic mass is 10.1. The van der Waals surface area contributed by atoms with Crippen LogP contribution in [-0.4, -0.2) is 11.9 Å². The molecule has 0 amide bonds. The summed E-state index contributed by atoms with van der Waals surface area (Å²) >= 11 is 0. The Balaban J connectivity index is 1.83. The Labute approximate surface area is 96.6 Å². The standard InChI is InChI=1S/C14H18O2/c1-11-13(12-7-3-2-4-8-12)16-14(15-11)9-5-6-10-14/h2-4,7-8,11,13H,5-6,9-10H2,1H3. The molecular weight excluding hydrogens is 200 g/mol. The molecule has 1 aliphatic heterocycles. The summed E-state index contributed by atoms with van der Waals surface area (Å²) in [5, 5.41) is 0. The Morgan fingerprint density at radius 1 is 1.06 bits per heavy atom. The largest absolute Gasteiger partial charge is 0.344 e. The van der Waals surface area contributed by atoms with E-state index in [9.17, 15) is 0 Å². The third-order valence-electron chi connectivity index (χ3n) is 3.66. The summed E-state index contributed by atoms with van der Waals surface area (Å²) in [6.07, 6.45) is 4.85. The molecule has 0 bridgehead atoms. The molecule has 1 heterocycles. The topological polar surface area (TPSA) is 18.5 Å². The fourth-order valence-corrected chi connectivity index (χ4v) is 2.89. The van der Waals surface area contributed by atoms with Crippen LogP contribution < -0.4 is 0 Å². The van der Waals surface area contributed by atoms with Crippen LogP contribution in [0, 0.1) is 0 Å². The van der Waals surface area contributed by atoms with Crippen LogP contribution in [0.1, 0.15) is 44.3 Å². The minimum Gasteiger partial charge on any atom is -0.344 e. The minimum atomic E-state index is -0.264. The zero-order chi connectivity index (χ0) is 11.0. The lowest BCUT2D eigenvalue weighted by molar-refractivity contribution is -0.168. The predicted octanol–water partition coefficient (Wildman–Crippen LogP) is 3.43. The molecule has 2 aliphatic rings. The van der Waals surface area contributed by atoms with E-state index in [1.54, 1.807) is 0 Å². The second-order valence-electron chi connectivity index (χ2n) is 4.89. The second kappa shape index (κ2) is 3.86. The molecule has 86 valence electrons. The molecule has 1 aliphatic carbocycles. The van der Waals surface area contributed by atoms with Crippen LogP contribution in [-0.2, 0) is 9.47 Å². The summed E-state index contributed by atoms with van der Waals surface area (Å²) < 4.78 is 12.2. The van der Waals surface area contributed by atoms with E-state index >= 15 is 0 Å². The first kappa shape index (κ1) is 10.3. The smallest absolute Gasteiger partial charge is 0.169 e. The molecule has 1 aromatic rings. The average Bonchev–Trinajstić information content (AvgIpc) is 2.88. The molecule has 1 saturated heterocycles. The van der Waals surface area contributed by atoms with E-state index in [0.717, 1.165) is 12.8 Å². The second-order valence-corrected chi connectivity index (χ2v) is 4.89. The highest BCUT2D eigenvalue weighted by Gasteiger charge is 2.47. The van der Waals surface area contributed by atoms with E-state index in [0.29, 0.717) is 0 Å². The quantitative estimate of drug-likeness (QED) is 0.719. The van der Waals surface area contributed by atoms with Crippen molar-refractivity contribution in [3.63, 3.8) is 0 Å². The van der Waals surface area contributed by atoms with Gasteiger partial charge < -0.3 is 9.47 Å². The summed E-state index contributed by atoms with van der Waals surface area (Å²) in [7, 11) is 0. The summed E-state index contributed by atoms with van der Waals surface area (Å²) in [6, 6.07) is 10.4. The molecule has 2 fully saturated rings. The highest BCUT2D eigenvalue weighted by Crippen LogP contribution is 2.46. The number of hydrogen-bond acceptors (Lipinski definition) is 2. The lowest BCUT2D eigenvalue weighted by Gasteiger charge is -2.21. The summed E-state index contributed by atoms with van der Waals surface area (Å²) in [6.45, 7) is 2.12. The van der Waals surface area contributed by atoms with Gasteiger partial charge in [-0.05, 0) is 25.3 Å². The first-order chi connectivity index (χ1) is 7.79. The number of benzene rings is 1. The molecule has 1 aromatic carbocycles. The van der Waals surface area contributed by atoms with Crippen molar-refractivity contribution in [2.24, 2.45) is 0 Å². The molecule has 0 N–H and O–H groups in total. The summed E-state index contributed by atoms with van der Waals surface area (Å²) in [5.41, 5.74) is 1.23. The van der Waals surface area contributed by atoms with E-state index < -0.39 is 0 Å². The Hall–Kier alpha value is -0.860. The van der Waals surface area contributed by atoms with Gasteiger partial charge in [-0.3, -0.25) is 0 Å². The normalized spacial score (nSPS) is 32.3. The van der Waals surface area contributed by atoms with Crippen LogP contribution in [0.5, 0.6) is 0 Å². The van der Waals surface area contributed by atoms with Gasteiger partial charge in [0.05, 0.1) is 6.10 Å². The van der Waals surface area contributed by atoms with Crippen LogP contribution >= 0.6 is 0 Å². The van der Waals surface area contributed by atoms with Crippen molar-refractivity contribution in [1.82, 2.24) is 0 Å². The van der Waals surface area contributed by atoms with Gasteiger partial charge in [-0.25, -0.2) is 0 Å². The number of rotatable bonds is 1. The van der Waals surface area contributed by atoms with E-state index in [1.165, 1.54) is 18.4 Å². The molecule has 0 radical (unpaired) electrons. The number of hydrogen-bond donors (Lipinski definition) is 0. The first-order valence-corrected chi connectivity index (χ1v) is 6.20. The lowest BCUT2D eigenvalue weighted by Crippen LogP contribution is -2.25. The third kappa shape index (κ3) is 1.66. The molecule has 16 heavy (non-hydrogen) atoms. The summed E-state index contributed by atoms with van der Waals surface area (Å²) in [5.74, 6) is -0.264. The van der Waals surface area contributed by atoms with Gasteiger partial charge in [0.15, 0.2) is 5.79 Å². The van der Waals surface area contributed by atoms with Gasteiger partial charge >= 0.3 is 0 Å². The van der Waals surface area contributed by atoms with Gasteiger partial charge in [-0.15, -0.1) is 0 Å². The average molecular weight is 218 g/mol. The highest BCUT2D eigenvalue weighted by molar-refractivity contribution is 5.19. The zero-order valence-corrected chi connectivity index (χ0v) is 9.69. The van der Waals surface area contributed by atoms with Crippen LogP contribution in [0.25, 0.3) is 0 Å². The van der Waals surface area contributed by atoms with Crippen molar-refractivity contribution >= 4 is 0 Å². The Morgan fingerprint density at radius 2 is 1.75 bits per heavy atom. The molecule has 0 aromatic heterocycles. The fraction of sp³-hybridized carbons (Fsp3) is 0.571. The predicted molar refractivity (Wildman–Crippen MR) is 62.0 cm³/mol. The maximum Gasteiger partial charge on any atom is 0.169 e. The van der Waals surface area contributed by atoms with Crippen LogP contribution in [0.2, 0.25) is 0 Å². The van der Waals surface area contributed by atoms with Crippen molar-refractivity contribution in [3.05, 3.63) is 35.9 Å². The van der Waals surface area contributed by atoms with Gasteiger partial charge in [-0.2, -0.15) is 0 Å². The van der Waals surface area contributed by atoms with Gasteiger partial charge in [0.2, 0.25) is 0 Å². The van der Waals surface area contributed by atoms with Crippen molar-refractivity contribution in [2.75, 3.05) is 0 Å².